The Morgan fingerprint density at radius 3 is 2.85 bits per heavy atom. The number of hydrogen-bond donors (Lipinski definition) is 3. The number of carbonyl (C=O) groups is 1. The van der Waals surface area contributed by atoms with Crippen molar-refractivity contribution in [3.63, 3.8) is 0 Å². The summed E-state index contributed by atoms with van der Waals surface area (Å²) < 4.78 is 0. The second kappa shape index (κ2) is 6.65. The predicted octanol–water partition coefficient (Wildman–Crippen LogP) is -1.23. The molecular weight excluding hydrogens is 260 g/mol. The van der Waals surface area contributed by atoms with Crippen molar-refractivity contribution in [1.29, 1.82) is 0 Å². The lowest BCUT2D eigenvalue weighted by molar-refractivity contribution is 0.0660. The minimum atomic E-state index is -0.616. The fraction of sp³-hybridized carbons (Fsp3) is 0.538. The van der Waals surface area contributed by atoms with Crippen LogP contribution in [0.15, 0.2) is 18.3 Å². The van der Waals surface area contributed by atoms with Gasteiger partial charge in [-0.15, -0.1) is 0 Å². The Bertz CT molecular complexity index is 451. The van der Waals surface area contributed by atoms with Gasteiger partial charge in [-0.2, -0.15) is 0 Å². The average molecular weight is 280 g/mol. The molecule has 20 heavy (non-hydrogen) atoms. The van der Waals surface area contributed by atoms with Crippen molar-refractivity contribution >= 4 is 11.7 Å². The molecule has 0 bridgehead atoms. The van der Waals surface area contributed by atoms with Gasteiger partial charge in [0.05, 0.1) is 18.3 Å². The van der Waals surface area contributed by atoms with Crippen LogP contribution in [0.2, 0.25) is 0 Å². The Labute approximate surface area is 117 Å². The van der Waals surface area contributed by atoms with Gasteiger partial charge < -0.3 is 20.8 Å². The predicted molar refractivity (Wildman–Crippen MR) is 74.1 cm³/mol. The third-order valence-electron chi connectivity index (χ3n) is 3.32. The molecule has 7 heteroatoms. The molecule has 0 unspecified atom stereocenters. The Morgan fingerprint density at radius 1 is 1.40 bits per heavy atom. The van der Waals surface area contributed by atoms with Crippen LogP contribution in [-0.4, -0.2) is 76.3 Å². The lowest BCUT2D eigenvalue weighted by Gasteiger charge is -2.21. The van der Waals surface area contributed by atoms with E-state index in [1.807, 2.05) is 4.90 Å². The number of aliphatic hydroxyl groups is 2. The van der Waals surface area contributed by atoms with Gasteiger partial charge in [0.2, 0.25) is 0 Å². The van der Waals surface area contributed by atoms with Gasteiger partial charge in [-0.05, 0) is 12.1 Å². The van der Waals surface area contributed by atoms with Crippen molar-refractivity contribution in [2.75, 3.05) is 45.1 Å². The van der Waals surface area contributed by atoms with Crippen LogP contribution in [-0.2, 0) is 0 Å². The van der Waals surface area contributed by atoms with Crippen molar-refractivity contribution in [3.05, 3.63) is 23.9 Å². The standard InChI is InChI=1S/C13H20N4O3/c14-12-2-1-10(7-15-12)13(20)17-4-3-16(5-6-18)8-11(19)9-17/h1-2,7,11,18-19H,3-6,8-9H2,(H2,14,15)/t11-/m0/s1. The van der Waals surface area contributed by atoms with Crippen molar-refractivity contribution in [2.24, 2.45) is 0 Å². The van der Waals surface area contributed by atoms with E-state index in [9.17, 15) is 9.90 Å². The largest absolute Gasteiger partial charge is 0.395 e. The van der Waals surface area contributed by atoms with Gasteiger partial charge in [0.15, 0.2) is 0 Å². The van der Waals surface area contributed by atoms with Crippen LogP contribution in [0.3, 0.4) is 0 Å². The van der Waals surface area contributed by atoms with Crippen LogP contribution in [0, 0.1) is 0 Å². The molecule has 2 heterocycles. The van der Waals surface area contributed by atoms with Crippen molar-refractivity contribution in [3.8, 4) is 0 Å². The number of pyridine rings is 1. The summed E-state index contributed by atoms with van der Waals surface area (Å²) in [6.07, 6.45) is 0.829. The summed E-state index contributed by atoms with van der Waals surface area (Å²) >= 11 is 0. The Kier molecular flexibility index (Phi) is 4.89. The second-order valence-electron chi connectivity index (χ2n) is 4.90. The SMILES string of the molecule is Nc1ccc(C(=O)N2CCN(CCO)C[C@H](O)C2)cn1. The first-order valence-corrected chi connectivity index (χ1v) is 6.62. The minimum absolute atomic E-state index is 0.0442. The van der Waals surface area contributed by atoms with Crippen molar-refractivity contribution in [1.82, 2.24) is 14.8 Å². The molecule has 1 aliphatic rings. The topological polar surface area (TPSA) is 103 Å². The summed E-state index contributed by atoms with van der Waals surface area (Å²) in [5.74, 6) is 0.203. The number of nitrogens with zero attached hydrogens (tertiary/aromatic N) is 3. The Morgan fingerprint density at radius 2 is 2.20 bits per heavy atom. The number of nitrogen functional groups attached to an aromatic ring is 1. The van der Waals surface area contributed by atoms with Gasteiger partial charge in [-0.25, -0.2) is 4.98 Å². The fourth-order valence-corrected chi connectivity index (χ4v) is 2.30. The first-order valence-electron chi connectivity index (χ1n) is 6.62. The number of anilines is 1. The summed E-state index contributed by atoms with van der Waals surface area (Å²) in [5, 5.41) is 18.9. The van der Waals surface area contributed by atoms with Gasteiger partial charge in [0.1, 0.15) is 5.82 Å². The third-order valence-corrected chi connectivity index (χ3v) is 3.32. The molecule has 1 aromatic heterocycles. The van der Waals surface area contributed by atoms with Gasteiger partial charge in [0, 0.05) is 38.9 Å². The zero-order valence-electron chi connectivity index (χ0n) is 11.3. The molecular formula is C13H20N4O3. The lowest BCUT2D eigenvalue weighted by Crippen LogP contribution is -2.37. The van der Waals surface area contributed by atoms with E-state index in [2.05, 4.69) is 4.98 Å². The molecule has 1 aliphatic heterocycles. The molecule has 0 radical (unpaired) electrons. The van der Waals surface area contributed by atoms with E-state index in [4.69, 9.17) is 10.8 Å². The van der Waals surface area contributed by atoms with E-state index in [0.29, 0.717) is 37.6 Å². The van der Waals surface area contributed by atoms with E-state index < -0.39 is 6.10 Å². The quantitative estimate of drug-likeness (QED) is 0.641. The normalized spacial score (nSPS) is 20.7. The number of hydrogen-bond acceptors (Lipinski definition) is 6. The number of rotatable bonds is 3. The zero-order chi connectivity index (χ0) is 14.5. The first kappa shape index (κ1) is 14.7. The number of β-amino-alcohol motifs (C(OH)–C–C–N with tert-alkyl or cyclic N) is 2. The Hall–Kier alpha value is -1.70. The highest BCUT2D eigenvalue weighted by atomic mass is 16.3. The number of amides is 1. The summed E-state index contributed by atoms with van der Waals surface area (Å²) in [4.78, 5) is 19.8. The van der Waals surface area contributed by atoms with E-state index in [0.717, 1.165) is 0 Å². The molecule has 1 amide bonds. The third kappa shape index (κ3) is 3.66. The van der Waals surface area contributed by atoms with E-state index in [1.165, 1.54) is 6.20 Å². The average Bonchev–Trinajstić information content (AvgIpc) is 2.61. The van der Waals surface area contributed by atoms with Gasteiger partial charge in [0.25, 0.3) is 5.91 Å². The highest BCUT2D eigenvalue weighted by Crippen LogP contribution is 2.10. The van der Waals surface area contributed by atoms with Gasteiger partial charge in [-0.3, -0.25) is 9.69 Å². The van der Waals surface area contributed by atoms with Crippen molar-refractivity contribution in [2.45, 2.75) is 6.10 Å². The number of aromatic nitrogens is 1. The molecule has 7 nitrogen and oxygen atoms in total. The van der Waals surface area contributed by atoms with E-state index >= 15 is 0 Å². The summed E-state index contributed by atoms with van der Waals surface area (Å²) in [5.41, 5.74) is 5.96. The van der Waals surface area contributed by atoms with E-state index in [1.54, 1.807) is 17.0 Å². The maximum absolute atomic E-state index is 12.3. The second-order valence-corrected chi connectivity index (χ2v) is 4.90. The molecule has 4 N–H and O–H groups in total. The van der Waals surface area contributed by atoms with Gasteiger partial charge in [-0.1, -0.05) is 0 Å². The number of nitrogens with two attached hydrogens (primary N) is 1. The van der Waals surface area contributed by atoms with Crippen LogP contribution in [0.5, 0.6) is 0 Å². The maximum Gasteiger partial charge on any atom is 0.255 e. The number of aliphatic hydroxyl groups excluding tert-OH is 2. The molecule has 0 saturated carbocycles. The summed E-state index contributed by atoms with van der Waals surface area (Å²) in [6, 6.07) is 3.22. The van der Waals surface area contributed by atoms with E-state index in [-0.39, 0.29) is 19.1 Å². The molecule has 1 fully saturated rings. The van der Waals surface area contributed by atoms with Crippen LogP contribution in [0.1, 0.15) is 10.4 Å². The first-order chi connectivity index (χ1) is 9.60. The van der Waals surface area contributed by atoms with Gasteiger partial charge >= 0.3 is 0 Å². The Balaban J connectivity index is 2.04. The maximum atomic E-state index is 12.3. The molecule has 1 atom stereocenters. The minimum Gasteiger partial charge on any atom is -0.395 e. The molecule has 2 rings (SSSR count). The molecule has 0 aromatic carbocycles. The highest BCUT2D eigenvalue weighted by Gasteiger charge is 2.24. The smallest absolute Gasteiger partial charge is 0.255 e. The zero-order valence-corrected chi connectivity index (χ0v) is 11.3. The molecule has 0 spiro atoms. The molecule has 110 valence electrons. The monoisotopic (exact) mass is 280 g/mol. The van der Waals surface area contributed by atoms with Crippen molar-refractivity contribution < 1.29 is 15.0 Å². The fourth-order valence-electron chi connectivity index (χ4n) is 2.30. The van der Waals surface area contributed by atoms with Crippen LogP contribution < -0.4 is 5.73 Å². The molecule has 0 aliphatic carbocycles. The summed E-state index contributed by atoms with van der Waals surface area (Å²) in [6.45, 7) is 2.44. The molecule has 1 saturated heterocycles. The van der Waals surface area contributed by atoms with Crippen LogP contribution in [0.25, 0.3) is 0 Å². The summed E-state index contributed by atoms with van der Waals surface area (Å²) in [7, 11) is 0. The van der Waals surface area contributed by atoms with Crippen LogP contribution in [0.4, 0.5) is 5.82 Å². The van der Waals surface area contributed by atoms with Crippen LogP contribution >= 0.6 is 0 Å². The number of carbonyl (C=O) groups excluding carboxylic acids is 1. The lowest BCUT2D eigenvalue weighted by atomic mass is 10.2. The highest BCUT2D eigenvalue weighted by molar-refractivity contribution is 5.94. The molecule has 1 aromatic rings.